The van der Waals surface area contributed by atoms with Crippen LogP contribution in [0.4, 0.5) is 0 Å². The summed E-state index contributed by atoms with van der Waals surface area (Å²) in [6, 6.07) is 0. The van der Waals surface area contributed by atoms with Crippen LogP contribution in [-0.2, 0) is 11.3 Å². The van der Waals surface area contributed by atoms with Crippen molar-refractivity contribution in [3.63, 3.8) is 0 Å². The van der Waals surface area contributed by atoms with Gasteiger partial charge in [0, 0.05) is 44.8 Å². The minimum absolute atomic E-state index is 0.0439. The van der Waals surface area contributed by atoms with Gasteiger partial charge >= 0.3 is 0 Å². The quantitative estimate of drug-likeness (QED) is 0.854. The fourth-order valence-electron chi connectivity index (χ4n) is 2.28. The molecular formula is C12H20N4OS. The van der Waals surface area contributed by atoms with E-state index in [0.717, 1.165) is 37.7 Å². The molecule has 1 fully saturated rings. The van der Waals surface area contributed by atoms with Gasteiger partial charge in [0.2, 0.25) is 5.91 Å². The largest absolute Gasteiger partial charge is 0.359 e. The number of amides is 1. The van der Waals surface area contributed by atoms with E-state index in [9.17, 15) is 4.79 Å². The van der Waals surface area contributed by atoms with E-state index in [-0.39, 0.29) is 11.8 Å². The fraction of sp³-hybridized carbons (Fsp3) is 0.667. The van der Waals surface area contributed by atoms with Crippen LogP contribution in [0.2, 0.25) is 0 Å². The van der Waals surface area contributed by atoms with Crippen molar-refractivity contribution < 1.29 is 4.79 Å². The number of likely N-dealkylation sites (N-methyl/N-ethyl adjacent to an activating group) is 1. The highest BCUT2D eigenvalue weighted by atomic mass is 32.1. The average Bonchev–Trinajstić information content (AvgIpc) is 2.79. The lowest BCUT2D eigenvalue weighted by atomic mass is 10.1. The van der Waals surface area contributed by atoms with Crippen LogP contribution in [0.3, 0.4) is 0 Å². The first-order valence-electron chi connectivity index (χ1n) is 6.20. The standard InChI is InChI=1S/C12H20N4OS/c1-13-12(17)10-7-15(2)4-5-16(8-10)9-11-14-3-6-18-11/h3,6,10H,4-5,7-9H2,1-2H3,(H,13,17)/t10-/m0/s1. The molecule has 1 N–H and O–H groups in total. The number of nitrogens with zero attached hydrogens (tertiary/aromatic N) is 3. The van der Waals surface area contributed by atoms with Crippen LogP contribution in [0.25, 0.3) is 0 Å². The molecule has 1 aromatic heterocycles. The van der Waals surface area contributed by atoms with Crippen molar-refractivity contribution in [3.05, 3.63) is 16.6 Å². The van der Waals surface area contributed by atoms with Gasteiger partial charge in [-0.1, -0.05) is 0 Å². The van der Waals surface area contributed by atoms with E-state index in [1.807, 2.05) is 11.6 Å². The molecule has 2 heterocycles. The molecule has 0 bridgehead atoms. The highest BCUT2D eigenvalue weighted by Gasteiger charge is 2.26. The van der Waals surface area contributed by atoms with Crippen molar-refractivity contribution in [2.45, 2.75) is 6.54 Å². The zero-order chi connectivity index (χ0) is 13.0. The monoisotopic (exact) mass is 268 g/mol. The molecule has 1 aromatic rings. The van der Waals surface area contributed by atoms with Crippen molar-refractivity contribution in [1.82, 2.24) is 20.1 Å². The molecule has 0 aliphatic carbocycles. The number of nitrogens with one attached hydrogen (secondary N) is 1. The molecule has 2 rings (SSSR count). The maximum absolute atomic E-state index is 11.8. The van der Waals surface area contributed by atoms with Crippen molar-refractivity contribution in [2.24, 2.45) is 5.92 Å². The summed E-state index contributed by atoms with van der Waals surface area (Å²) >= 11 is 1.67. The Morgan fingerprint density at radius 3 is 3.06 bits per heavy atom. The summed E-state index contributed by atoms with van der Waals surface area (Å²) in [4.78, 5) is 20.7. The van der Waals surface area contributed by atoms with Gasteiger partial charge < -0.3 is 10.2 Å². The molecule has 1 saturated heterocycles. The number of rotatable bonds is 3. The first-order chi connectivity index (χ1) is 8.69. The van der Waals surface area contributed by atoms with E-state index in [4.69, 9.17) is 0 Å². The van der Waals surface area contributed by atoms with E-state index in [2.05, 4.69) is 27.1 Å². The van der Waals surface area contributed by atoms with Crippen LogP contribution >= 0.6 is 11.3 Å². The van der Waals surface area contributed by atoms with Gasteiger partial charge in [-0.15, -0.1) is 11.3 Å². The number of hydrogen-bond acceptors (Lipinski definition) is 5. The van der Waals surface area contributed by atoms with Crippen molar-refractivity contribution in [1.29, 1.82) is 0 Å². The molecule has 100 valence electrons. The molecule has 0 radical (unpaired) electrons. The lowest BCUT2D eigenvalue weighted by molar-refractivity contribution is -0.125. The molecule has 0 unspecified atom stereocenters. The second kappa shape index (κ2) is 6.26. The van der Waals surface area contributed by atoms with Gasteiger partial charge in [0.15, 0.2) is 0 Å². The van der Waals surface area contributed by atoms with E-state index >= 15 is 0 Å². The second-order valence-corrected chi connectivity index (χ2v) is 5.71. The Labute approximate surface area is 112 Å². The molecule has 5 nitrogen and oxygen atoms in total. The summed E-state index contributed by atoms with van der Waals surface area (Å²) < 4.78 is 0. The smallest absolute Gasteiger partial charge is 0.225 e. The molecule has 0 saturated carbocycles. The summed E-state index contributed by atoms with van der Waals surface area (Å²) in [5.74, 6) is 0.176. The van der Waals surface area contributed by atoms with Gasteiger partial charge in [0.25, 0.3) is 0 Å². The van der Waals surface area contributed by atoms with Crippen molar-refractivity contribution >= 4 is 17.2 Å². The van der Waals surface area contributed by atoms with Crippen LogP contribution in [0.5, 0.6) is 0 Å². The number of thiazole rings is 1. The zero-order valence-electron chi connectivity index (χ0n) is 10.9. The van der Waals surface area contributed by atoms with Gasteiger partial charge in [0.05, 0.1) is 12.5 Å². The second-order valence-electron chi connectivity index (χ2n) is 4.73. The zero-order valence-corrected chi connectivity index (χ0v) is 11.7. The highest BCUT2D eigenvalue weighted by molar-refractivity contribution is 7.09. The van der Waals surface area contributed by atoms with Crippen LogP contribution in [0.15, 0.2) is 11.6 Å². The Morgan fingerprint density at radius 2 is 2.39 bits per heavy atom. The molecule has 6 heteroatoms. The average molecular weight is 268 g/mol. The maximum atomic E-state index is 11.8. The Balaban J connectivity index is 2.00. The number of carbonyl (C=O) groups is 1. The molecule has 0 spiro atoms. The highest BCUT2D eigenvalue weighted by Crippen LogP contribution is 2.13. The Bertz CT molecular complexity index is 381. The predicted octanol–water partition coefficient (Wildman–Crippen LogP) is 0.253. The van der Waals surface area contributed by atoms with Gasteiger partial charge in [-0.2, -0.15) is 0 Å². The van der Waals surface area contributed by atoms with E-state index < -0.39 is 0 Å². The van der Waals surface area contributed by atoms with Gasteiger partial charge in [-0.25, -0.2) is 4.98 Å². The van der Waals surface area contributed by atoms with Crippen molar-refractivity contribution in [2.75, 3.05) is 40.3 Å². The number of hydrogen-bond donors (Lipinski definition) is 1. The molecule has 18 heavy (non-hydrogen) atoms. The first-order valence-corrected chi connectivity index (χ1v) is 7.08. The Morgan fingerprint density at radius 1 is 1.56 bits per heavy atom. The van der Waals surface area contributed by atoms with E-state index in [0.29, 0.717) is 0 Å². The van der Waals surface area contributed by atoms with Gasteiger partial charge in [0.1, 0.15) is 5.01 Å². The summed E-state index contributed by atoms with van der Waals surface area (Å²) in [5.41, 5.74) is 0. The van der Waals surface area contributed by atoms with E-state index in [1.165, 1.54) is 0 Å². The molecule has 1 amide bonds. The Kier molecular flexibility index (Phi) is 4.68. The van der Waals surface area contributed by atoms with Crippen LogP contribution < -0.4 is 5.32 Å². The molecule has 1 aliphatic heterocycles. The minimum Gasteiger partial charge on any atom is -0.359 e. The number of carbonyl (C=O) groups excluding carboxylic acids is 1. The molecule has 1 aliphatic rings. The van der Waals surface area contributed by atoms with E-state index in [1.54, 1.807) is 18.4 Å². The molecular weight excluding hydrogens is 248 g/mol. The minimum atomic E-state index is 0.0439. The summed E-state index contributed by atoms with van der Waals surface area (Å²) in [6.07, 6.45) is 1.83. The van der Waals surface area contributed by atoms with Gasteiger partial charge in [-0.05, 0) is 7.05 Å². The lowest BCUT2D eigenvalue weighted by Gasteiger charge is -2.21. The summed E-state index contributed by atoms with van der Waals surface area (Å²) in [5, 5.41) is 5.87. The predicted molar refractivity (Wildman–Crippen MR) is 72.4 cm³/mol. The van der Waals surface area contributed by atoms with Crippen LogP contribution in [0, 0.1) is 5.92 Å². The molecule has 1 atom stereocenters. The normalized spacial score (nSPS) is 22.7. The third-order valence-electron chi connectivity index (χ3n) is 3.27. The van der Waals surface area contributed by atoms with Gasteiger partial charge in [-0.3, -0.25) is 9.69 Å². The van der Waals surface area contributed by atoms with Crippen molar-refractivity contribution in [3.8, 4) is 0 Å². The third-order valence-corrected chi connectivity index (χ3v) is 4.03. The maximum Gasteiger partial charge on any atom is 0.225 e. The van der Waals surface area contributed by atoms with Crippen LogP contribution in [0.1, 0.15) is 5.01 Å². The summed E-state index contributed by atoms with van der Waals surface area (Å²) in [6.45, 7) is 4.47. The Hall–Kier alpha value is -0.980. The summed E-state index contributed by atoms with van der Waals surface area (Å²) in [7, 11) is 3.78. The lowest BCUT2D eigenvalue weighted by Crippen LogP contribution is -2.39. The first kappa shape index (κ1) is 13.5. The third kappa shape index (κ3) is 3.51. The van der Waals surface area contributed by atoms with Crippen LogP contribution in [-0.4, -0.2) is 61.0 Å². The number of aromatic nitrogens is 1. The fourth-order valence-corrected chi connectivity index (χ4v) is 2.93. The SMILES string of the molecule is CNC(=O)[C@H]1CN(C)CCN(Cc2nccs2)C1. The molecule has 0 aromatic carbocycles. The topological polar surface area (TPSA) is 48.5 Å².